The van der Waals surface area contributed by atoms with Crippen molar-refractivity contribution in [3.05, 3.63) is 0 Å². The lowest BCUT2D eigenvalue weighted by molar-refractivity contribution is 0.593. The Morgan fingerprint density at radius 1 is 1.57 bits per heavy atom. The first-order valence-electron chi connectivity index (χ1n) is 2.48. The molecule has 1 nitrogen and oxygen atoms in total. The van der Waals surface area contributed by atoms with Crippen LogP contribution < -0.4 is 5.32 Å². The first kappa shape index (κ1) is 10.3. The summed E-state index contributed by atoms with van der Waals surface area (Å²) in [5.41, 5.74) is 0. The largest absolute Gasteiger partial charge is 0.317 e. The predicted octanol–water partition coefficient (Wildman–Crippen LogP) is 1.43. The molecule has 0 bridgehead atoms. The monoisotopic (exact) mass is 123 g/mol. The van der Waals surface area contributed by atoms with Crippen LogP contribution in [0.4, 0.5) is 0 Å². The fourth-order valence-electron chi connectivity index (χ4n) is 0.204. The van der Waals surface area contributed by atoms with Crippen molar-refractivity contribution in [3.8, 4) is 0 Å². The molecule has 0 rings (SSSR count). The molecule has 0 amide bonds. The number of rotatable bonds is 2. The Morgan fingerprint density at radius 2 is 2.00 bits per heavy atom. The van der Waals surface area contributed by atoms with Crippen molar-refractivity contribution in [2.24, 2.45) is 0 Å². The number of hydrogen-bond donors (Lipinski definition) is 1. The number of halogens is 1. The fourth-order valence-corrected chi connectivity index (χ4v) is 0.204. The molecule has 0 saturated heterocycles. The quantitative estimate of drug-likeness (QED) is 0.586. The van der Waals surface area contributed by atoms with Crippen molar-refractivity contribution >= 4 is 12.4 Å². The van der Waals surface area contributed by atoms with E-state index >= 15 is 0 Å². The van der Waals surface area contributed by atoms with Crippen LogP contribution in [0.25, 0.3) is 0 Å². The molecule has 0 aromatic carbocycles. The summed E-state index contributed by atoms with van der Waals surface area (Å²) in [5, 5.41) is 3.11. The zero-order chi connectivity index (χ0) is 4.99. The Kier molecular flexibility index (Phi) is 9.17. The third-order valence-corrected chi connectivity index (χ3v) is 1.11. The summed E-state index contributed by atoms with van der Waals surface area (Å²) in [5.74, 6) is 0. The van der Waals surface area contributed by atoms with E-state index in [9.17, 15) is 0 Å². The van der Waals surface area contributed by atoms with Gasteiger partial charge in [-0.05, 0) is 20.4 Å². The van der Waals surface area contributed by atoms with Gasteiger partial charge in [0.05, 0.1) is 0 Å². The standard InChI is InChI=1S/C5H13N.ClH/c1-4-5(2)6-3;/h5-6H,4H2,1-3H3;1H. The summed E-state index contributed by atoms with van der Waals surface area (Å²) < 4.78 is 0. The molecule has 0 heterocycles. The summed E-state index contributed by atoms with van der Waals surface area (Å²) in [6.07, 6.45) is 1.22. The second-order valence-corrected chi connectivity index (χ2v) is 1.60. The smallest absolute Gasteiger partial charge is 0.00331 e. The molecule has 7 heavy (non-hydrogen) atoms. The molecule has 1 atom stereocenters. The molecular weight excluding hydrogens is 110 g/mol. The van der Waals surface area contributed by atoms with E-state index < -0.39 is 0 Å². The molecule has 0 aromatic rings. The molecule has 0 saturated carbocycles. The lowest BCUT2D eigenvalue weighted by Crippen LogP contribution is -2.19. The van der Waals surface area contributed by atoms with Gasteiger partial charge in [-0.25, -0.2) is 0 Å². The molecule has 2 heteroatoms. The molecule has 1 N–H and O–H groups in total. The minimum atomic E-state index is 0. The van der Waals surface area contributed by atoms with Crippen LogP contribution in [0.2, 0.25) is 0 Å². The minimum Gasteiger partial charge on any atom is -0.317 e. The van der Waals surface area contributed by atoms with Crippen LogP contribution in [0, 0.1) is 0 Å². The van der Waals surface area contributed by atoms with Crippen LogP contribution in [0.1, 0.15) is 20.3 Å². The Balaban J connectivity index is 0. The van der Waals surface area contributed by atoms with Gasteiger partial charge in [-0.3, -0.25) is 0 Å². The van der Waals surface area contributed by atoms with Crippen LogP contribution in [0.15, 0.2) is 0 Å². The lowest BCUT2D eigenvalue weighted by Gasteiger charge is -2.02. The zero-order valence-corrected chi connectivity index (χ0v) is 6.01. The van der Waals surface area contributed by atoms with Crippen molar-refractivity contribution in [2.75, 3.05) is 7.05 Å². The first-order valence-corrected chi connectivity index (χ1v) is 2.48. The van der Waals surface area contributed by atoms with E-state index in [1.54, 1.807) is 0 Å². The highest BCUT2D eigenvalue weighted by Crippen LogP contribution is 1.82. The van der Waals surface area contributed by atoms with Gasteiger partial charge in [0, 0.05) is 6.04 Å². The van der Waals surface area contributed by atoms with Crippen molar-refractivity contribution < 1.29 is 0 Å². The summed E-state index contributed by atoms with van der Waals surface area (Å²) in [6.45, 7) is 4.33. The van der Waals surface area contributed by atoms with Crippen molar-refractivity contribution in [2.45, 2.75) is 26.3 Å². The SMILES string of the molecule is CCC(C)NC.Cl. The Labute approximate surface area is 51.9 Å². The van der Waals surface area contributed by atoms with Crippen molar-refractivity contribution in [1.82, 2.24) is 5.32 Å². The molecule has 0 aliphatic carbocycles. The zero-order valence-electron chi connectivity index (χ0n) is 5.19. The highest BCUT2D eigenvalue weighted by atomic mass is 35.5. The summed E-state index contributed by atoms with van der Waals surface area (Å²) in [7, 11) is 1.98. The Hall–Kier alpha value is 0.250. The van der Waals surface area contributed by atoms with Gasteiger partial charge in [-0.1, -0.05) is 6.92 Å². The van der Waals surface area contributed by atoms with Crippen LogP contribution in [0.3, 0.4) is 0 Å². The average molecular weight is 124 g/mol. The van der Waals surface area contributed by atoms with Crippen LogP contribution in [-0.2, 0) is 0 Å². The molecule has 0 aliphatic heterocycles. The third kappa shape index (κ3) is 6.25. The van der Waals surface area contributed by atoms with Crippen LogP contribution in [-0.4, -0.2) is 13.1 Å². The Bertz CT molecular complexity index is 27.3. The van der Waals surface area contributed by atoms with E-state index in [2.05, 4.69) is 19.2 Å². The maximum atomic E-state index is 3.11. The molecule has 0 aliphatic rings. The fraction of sp³-hybridized carbons (Fsp3) is 1.00. The van der Waals surface area contributed by atoms with Crippen molar-refractivity contribution in [3.63, 3.8) is 0 Å². The number of nitrogens with one attached hydrogen (secondary N) is 1. The van der Waals surface area contributed by atoms with Gasteiger partial charge in [0.2, 0.25) is 0 Å². The molecule has 1 unspecified atom stereocenters. The van der Waals surface area contributed by atoms with E-state index in [4.69, 9.17) is 0 Å². The van der Waals surface area contributed by atoms with Gasteiger partial charge in [-0.2, -0.15) is 0 Å². The van der Waals surface area contributed by atoms with Gasteiger partial charge < -0.3 is 5.32 Å². The van der Waals surface area contributed by atoms with E-state index in [-0.39, 0.29) is 12.4 Å². The average Bonchev–Trinajstić information content (AvgIpc) is 1.65. The lowest BCUT2D eigenvalue weighted by atomic mass is 10.3. The van der Waals surface area contributed by atoms with E-state index in [1.165, 1.54) is 6.42 Å². The molecule has 0 fully saturated rings. The van der Waals surface area contributed by atoms with E-state index in [0.29, 0.717) is 6.04 Å². The summed E-state index contributed by atoms with van der Waals surface area (Å²) in [6, 6.07) is 0.685. The molecule has 46 valence electrons. The van der Waals surface area contributed by atoms with Gasteiger partial charge in [0.1, 0.15) is 0 Å². The minimum absolute atomic E-state index is 0. The third-order valence-electron chi connectivity index (χ3n) is 1.11. The molecular formula is C5H14ClN. The highest BCUT2D eigenvalue weighted by molar-refractivity contribution is 5.85. The Morgan fingerprint density at radius 3 is 2.00 bits per heavy atom. The second-order valence-electron chi connectivity index (χ2n) is 1.60. The van der Waals surface area contributed by atoms with Gasteiger partial charge in [0.15, 0.2) is 0 Å². The second kappa shape index (κ2) is 6.25. The van der Waals surface area contributed by atoms with Crippen LogP contribution in [0.5, 0.6) is 0 Å². The van der Waals surface area contributed by atoms with E-state index in [0.717, 1.165) is 0 Å². The van der Waals surface area contributed by atoms with E-state index in [1.807, 2.05) is 7.05 Å². The predicted molar refractivity (Wildman–Crippen MR) is 36.1 cm³/mol. The summed E-state index contributed by atoms with van der Waals surface area (Å²) in [4.78, 5) is 0. The molecule has 0 radical (unpaired) electrons. The normalized spacial score (nSPS) is 12.4. The van der Waals surface area contributed by atoms with Gasteiger partial charge in [-0.15, -0.1) is 12.4 Å². The van der Waals surface area contributed by atoms with Gasteiger partial charge >= 0.3 is 0 Å². The van der Waals surface area contributed by atoms with Gasteiger partial charge in [0.25, 0.3) is 0 Å². The highest BCUT2D eigenvalue weighted by Gasteiger charge is 1.86. The molecule has 0 spiro atoms. The maximum Gasteiger partial charge on any atom is 0.00331 e. The number of hydrogen-bond acceptors (Lipinski definition) is 1. The summed E-state index contributed by atoms with van der Waals surface area (Å²) >= 11 is 0. The maximum absolute atomic E-state index is 3.11. The van der Waals surface area contributed by atoms with Crippen LogP contribution >= 0.6 is 12.4 Å². The topological polar surface area (TPSA) is 12.0 Å². The molecule has 0 aromatic heterocycles. The van der Waals surface area contributed by atoms with Crippen molar-refractivity contribution in [1.29, 1.82) is 0 Å². The first-order chi connectivity index (χ1) is 2.81.